The van der Waals surface area contributed by atoms with Crippen LogP contribution in [-0.2, 0) is 14.8 Å². The molecule has 0 radical (unpaired) electrons. The lowest BCUT2D eigenvalue weighted by atomic mass is 9.97. The van der Waals surface area contributed by atoms with E-state index in [1.807, 2.05) is 6.08 Å². The number of nitrogens with one attached hydrogen (secondary N) is 1. The van der Waals surface area contributed by atoms with E-state index in [0.717, 1.165) is 18.5 Å². The number of allylic oxidation sites excluding steroid dienone is 1. The smallest absolute Gasteiger partial charge is 0.281 e. The summed E-state index contributed by atoms with van der Waals surface area (Å²) >= 11 is 0. The van der Waals surface area contributed by atoms with Gasteiger partial charge in [0.2, 0.25) is 0 Å². The number of carbonyl (C=O) groups excluding carboxylic acids is 1. The molecule has 9 nitrogen and oxygen atoms in total. The summed E-state index contributed by atoms with van der Waals surface area (Å²) in [6.07, 6.45) is 5.34. The van der Waals surface area contributed by atoms with Crippen molar-refractivity contribution >= 4 is 27.6 Å². The van der Waals surface area contributed by atoms with Gasteiger partial charge >= 0.3 is 0 Å². The number of ether oxygens (including phenoxy) is 1. The van der Waals surface area contributed by atoms with Gasteiger partial charge in [-0.25, -0.2) is 14.7 Å². The van der Waals surface area contributed by atoms with Crippen molar-refractivity contribution in [3.05, 3.63) is 53.9 Å². The normalized spacial score (nSPS) is 22.1. The highest BCUT2D eigenvalue weighted by Crippen LogP contribution is 2.38. The van der Waals surface area contributed by atoms with E-state index < -0.39 is 15.9 Å². The third kappa shape index (κ3) is 4.80. The maximum atomic E-state index is 13.2. The van der Waals surface area contributed by atoms with Gasteiger partial charge in [0.1, 0.15) is 11.6 Å². The fourth-order valence-corrected chi connectivity index (χ4v) is 5.52. The van der Waals surface area contributed by atoms with Gasteiger partial charge in [0.15, 0.2) is 5.03 Å². The van der Waals surface area contributed by atoms with E-state index >= 15 is 0 Å². The topological polar surface area (TPSA) is 128 Å². The number of anilines is 2. The molecule has 1 unspecified atom stereocenters. The highest BCUT2D eigenvalue weighted by atomic mass is 32.2. The first-order valence-corrected chi connectivity index (χ1v) is 12.4. The van der Waals surface area contributed by atoms with E-state index in [4.69, 9.17) is 15.5 Å². The van der Waals surface area contributed by atoms with E-state index in [0.29, 0.717) is 24.9 Å². The van der Waals surface area contributed by atoms with Gasteiger partial charge in [-0.1, -0.05) is 13.0 Å². The highest BCUT2D eigenvalue weighted by Gasteiger charge is 2.39. The second kappa shape index (κ2) is 8.66. The number of nitrogens with zero attached hydrogens (tertiary/aromatic N) is 3. The van der Waals surface area contributed by atoms with Gasteiger partial charge in [-0.15, -0.1) is 0 Å². The summed E-state index contributed by atoms with van der Waals surface area (Å²) in [4.78, 5) is 24.0. The predicted octanol–water partition coefficient (Wildman–Crippen LogP) is 2.82. The molecule has 4 heterocycles. The fraction of sp³-hybridized carbons (Fsp3) is 0.435. The number of nitrogen functional groups attached to an aromatic ring is 1. The number of amides is 1. The van der Waals surface area contributed by atoms with Crippen molar-refractivity contribution in [2.75, 3.05) is 23.8 Å². The van der Waals surface area contributed by atoms with Crippen LogP contribution in [-0.4, -0.2) is 43.0 Å². The molecule has 1 amide bonds. The number of hydrogen-bond acceptors (Lipinski definition) is 8. The molecular formula is C23H29N5O4S. The molecule has 0 aromatic carbocycles. The molecule has 2 aromatic heterocycles. The number of aromatic nitrogens is 2. The first-order valence-electron chi connectivity index (χ1n) is 10.9. The van der Waals surface area contributed by atoms with Crippen molar-refractivity contribution in [2.45, 2.75) is 50.1 Å². The largest absolute Gasteiger partial charge is 0.501 e. The average Bonchev–Trinajstić information content (AvgIpc) is 3.05. The van der Waals surface area contributed by atoms with Gasteiger partial charge in [-0.3, -0.25) is 4.79 Å². The van der Waals surface area contributed by atoms with E-state index in [1.54, 1.807) is 18.4 Å². The number of pyridine rings is 2. The lowest BCUT2D eigenvalue weighted by Crippen LogP contribution is -2.41. The molecule has 4 rings (SSSR count). The Balaban J connectivity index is 1.72. The monoisotopic (exact) mass is 471 g/mol. The van der Waals surface area contributed by atoms with Crippen molar-refractivity contribution in [3.8, 4) is 0 Å². The van der Waals surface area contributed by atoms with Crippen LogP contribution < -0.4 is 15.4 Å². The van der Waals surface area contributed by atoms with Crippen LogP contribution in [0.4, 0.5) is 11.6 Å². The Morgan fingerprint density at radius 2 is 2.03 bits per heavy atom. The molecule has 0 saturated carbocycles. The first kappa shape index (κ1) is 23.0. The molecule has 2 atom stereocenters. The summed E-state index contributed by atoms with van der Waals surface area (Å²) < 4.78 is 33.2. The van der Waals surface area contributed by atoms with Gasteiger partial charge in [0.05, 0.1) is 18.4 Å². The van der Waals surface area contributed by atoms with Crippen LogP contribution in [0.1, 0.15) is 55.6 Å². The summed E-state index contributed by atoms with van der Waals surface area (Å²) in [5.74, 6) is 0.235. The zero-order valence-electron chi connectivity index (χ0n) is 19.0. The predicted molar refractivity (Wildman–Crippen MR) is 125 cm³/mol. The Bertz CT molecular complexity index is 1200. The molecule has 2 aliphatic rings. The zero-order chi connectivity index (χ0) is 23.8. The van der Waals surface area contributed by atoms with Crippen LogP contribution in [0.5, 0.6) is 0 Å². The minimum atomic E-state index is -4.21. The van der Waals surface area contributed by atoms with Gasteiger partial charge in [0, 0.05) is 23.7 Å². The number of nitrogens with two attached hydrogens (primary N) is 1. The third-order valence-corrected chi connectivity index (χ3v) is 7.28. The molecule has 0 aliphatic carbocycles. The van der Waals surface area contributed by atoms with Gasteiger partial charge in [-0.2, -0.15) is 8.42 Å². The van der Waals surface area contributed by atoms with E-state index in [-0.39, 0.29) is 27.9 Å². The number of carbonyl (C=O) groups is 1. The van der Waals surface area contributed by atoms with E-state index in [2.05, 4.69) is 35.4 Å². The van der Waals surface area contributed by atoms with Crippen molar-refractivity contribution in [3.63, 3.8) is 0 Å². The molecular weight excluding hydrogens is 442 g/mol. The van der Waals surface area contributed by atoms with Crippen molar-refractivity contribution < 1.29 is 17.9 Å². The number of sulfonamides is 1. The van der Waals surface area contributed by atoms with Crippen LogP contribution in [0.2, 0.25) is 0 Å². The molecule has 0 spiro atoms. The molecule has 1 fully saturated rings. The molecule has 0 bridgehead atoms. The third-order valence-electron chi connectivity index (χ3n) is 6.05. The van der Waals surface area contributed by atoms with Crippen LogP contribution in [0.3, 0.4) is 0 Å². The van der Waals surface area contributed by atoms with Gasteiger partial charge < -0.3 is 15.4 Å². The molecule has 176 valence electrons. The van der Waals surface area contributed by atoms with Gasteiger partial charge in [0.25, 0.3) is 15.9 Å². The summed E-state index contributed by atoms with van der Waals surface area (Å²) in [6, 6.07) is 7.65. The quantitative estimate of drug-likeness (QED) is 0.681. The number of hydrogen-bond donors (Lipinski definition) is 2. The second-order valence-corrected chi connectivity index (χ2v) is 10.9. The SMILES string of the molecule is C[C@@H]1CN(c2nc(C3CC=COC3)ccc2C(=O)NS(=O)(=O)c2cccc(N)n2)C(C)(C)C1. The Morgan fingerprint density at radius 1 is 1.24 bits per heavy atom. The summed E-state index contributed by atoms with van der Waals surface area (Å²) in [7, 11) is -4.21. The summed E-state index contributed by atoms with van der Waals surface area (Å²) in [6.45, 7) is 7.58. The Morgan fingerprint density at radius 3 is 2.67 bits per heavy atom. The first-order chi connectivity index (χ1) is 15.6. The van der Waals surface area contributed by atoms with Crippen LogP contribution in [0.25, 0.3) is 0 Å². The standard InChI is InChI=1S/C23H29N5O4S/c1-15-12-23(2,3)28(13-15)21-17(9-10-18(25-21)16-6-5-11-32-14-16)22(29)27-33(30,31)20-8-4-7-19(24)26-20/h4-5,7-11,15-16H,6,12-14H2,1-3H3,(H2,24,26)(H,27,29)/t15-,16?/m0/s1. The fourth-order valence-electron chi connectivity index (χ4n) is 4.58. The maximum Gasteiger partial charge on any atom is 0.281 e. The Kier molecular flexibility index (Phi) is 6.04. The lowest BCUT2D eigenvalue weighted by molar-refractivity contribution is 0.0981. The maximum absolute atomic E-state index is 13.2. The van der Waals surface area contributed by atoms with Crippen molar-refractivity contribution in [1.82, 2.24) is 14.7 Å². The summed E-state index contributed by atoms with van der Waals surface area (Å²) in [5.41, 5.74) is 6.38. The minimum Gasteiger partial charge on any atom is -0.501 e. The molecule has 33 heavy (non-hydrogen) atoms. The molecule has 2 aromatic rings. The van der Waals surface area contributed by atoms with Gasteiger partial charge in [-0.05, 0) is 62.9 Å². The van der Waals surface area contributed by atoms with Crippen LogP contribution in [0.15, 0.2) is 47.7 Å². The zero-order valence-corrected chi connectivity index (χ0v) is 19.8. The Labute approximate surface area is 194 Å². The minimum absolute atomic E-state index is 0.0496. The van der Waals surface area contributed by atoms with E-state index in [1.165, 1.54) is 18.2 Å². The Hall–Kier alpha value is -3.14. The number of rotatable bonds is 5. The van der Waals surface area contributed by atoms with Crippen LogP contribution in [0, 0.1) is 5.92 Å². The molecule has 2 aliphatic heterocycles. The highest BCUT2D eigenvalue weighted by molar-refractivity contribution is 7.90. The van der Waals surface area contributed by atoms with Crippen LogP contribution >= 0.6 is 0 Å². The molecule has 3 N–H and O–H groups in total. The molecule has 10 heteroatoms. The lowest BCUT2D eigenvalue weighted by Gasteiger charge is -2.34. The average molecular weight is 472 g/mol. The summed E-state index contributed by atoms with van der Waals surface area (Å²) in [5, 5.41) is -0.316. The van der Waals surface area contributed by atoms with Crippen molar-refractivity contribution in [1.29, 1.82) is 0 Å². The second-order valence-electron chi connectivity index (χ2n) is 9.31. The van der Waals surface area contributed by atoms with Crippen molar-refractivity contribution in [2.24, 2.45) is 5.92 Å². The molecule has 1 saturated heterocycles. The van der Waals surface area contributed by atoms with E-state index in [9.17, 15) is 13.2 Å².